The molecule has 1 unspecified atom stereocenters. The van der Waals surface area contributed by atoms with E-state index in [0.717, 1.165) is 21.5 Å². The molecular weight excluding hydrogens is 383 g/mol. The molecule has 1 aromatic carbocycles. The zero-order chi connectivity index (χ0) is 12.4. The third-order valence-corrected chi connectivity index (χ3v) is 5.92. The molecule has 0 aliphatic rings. The molecule has 0 aliphatic carbocycles. The van der Waals surface area contributed by atoms with Crippen LogP contribution in [0.25, 0.3) is 0 Å². The number of aryl methyl sites for hydroxylation is 1. The number of hydrogen-bond donors (Lipinski definition) is 0. The van der Waals surface area contributed by atoms with Crippen LogP contribution in [0.5, 0.6) is 0 Å². The standard InChI is InChI=1S/C13H11Br2ClS/c1-2-9-4-6-12(17-9)13(15)10-5-3-8(14)7-11(10)16/h3-7,13H,2H2,1H3. The monoisotopic (exact) mass is 392 g/mol. The zero-order valence-electron chi connectivity index (χ0n) is 9.21. The maximum absolute atomic E-state index is 6.26. The molecule has 0 amide bonds. The van der Waals surface area contributed by atoms with Gasteiger partial charge in [-0.15, -0.1) is 11.3 Å². The van der Waals surface area contributed by atoms with Crippen molar-refractivity contribution in [1.82, 2.24) is 0 Å². The van der Waals surface area contributed by atoms with Gasteiger partial charge in [0.1, 0.15) is 0 Å². The second kappa shape index (κ2) is 5.87. The maximum Gasteiger partial charge on any atom is 0.0752 e. The fraction of sp³-hybridized carbons (Fsp3) is 0.231. The Kier molecular flexibility index (Phi) is 4.70. The summed E-state index contributed by atoms with van der Waals surface area (Å²) in [5.74, 6) is 0. The number of alkyl halides is 1. The van der Waals surface area contributed by atoms with E-state index < -0.39 is 0 Å². The van der Waals surface area contributed by atoms with E-state index in [-0.39, 0.29) is 4.83 Å². The molecule has 0 spiro atoms. The number of hydrogen-bond acceptors (Lipinski definition) is 1. The lowest BCUT2D eigenvalue weighted by molar-refractivity contribution is 1.19. The Balaban J connectivity index is 2.33. The van der Waals surface area contributed by atoms with Crippen LogP contribution >= 0.6 is 54.8 Å². The summed E-state index contributed by atoms with van der Waals surface area (Å²) in [4.78, 5) is 2.87. The summed E-state index contributed by atoms with van der Waals surface area (Å²) >= 11 is 15.2. The average Bonchev–Trinajstić information content (AvgIpc) is 2.76. The summed E-state index contributed by atoms with van der Waals surface area (Å²) in [5.41, 5.74) is 1.11. The highest BCUT2D eigenvalue weighted by Gasteiger charge is 2.15. The van der Waals surface area contributed by atoms with Gasteiger partial charge in [0.2, 0.25) is 0 Å². The molecule has 0 saturated carbocycles. The van der Waals surface area contributed by atoms with Crippen molar-refractivity contribution >= 4 is 54.8 Å². The van der Waals surface area contributed by atoms with E-state index in [2.05, 4.69) is 57.0 Å². The Bertz CT molecular complexity index is 522. The number of thiophene rings is 1. The lowest BCUT2D eigenvalue weighted by Gasteiger charge is -2.10. The smallest absolute Gasteiger partial charge is 0.0752 e. The van der Waals surface area contributed by atoms with Gasteiger partial charge in [0.05, 0.1) is 4.83 Å². The minimum absolute atomic E-state index is 0.174. The van der Waals surface area contributed by atoms with E-state index >= 15 is 0 Å². The van der Waals surface area contributed by atoms with Gasteiger partial charge in [-0.05, 0) is 36.2 Å². The summed E-state index contributed by atoms with van der Waals surface area (Å²) in [6, 6.07) is 10.3. The summed E-state index contributed by atoms with van der Waals surface area (Å²) in [6.07, 6.45) is 1.08. The van der Waals surface area contributed by atoms with Crippen LogP contribution in [0.3, 0.4) is 0 Å². The first kappa shape index (κ1) is 13.6. The van der Waals surface area contributed by atoms with E-state index in [0.29, 0.717) is 0 Å². The second-order valence-corrected chi connectivity index (χ2v) is 7.12. The van der Waals surface area contributed by atoms with Gasteiger partial charge in [-0.25, -0.2) is 0 Å². The highest BCUT2D eigenvalue weighted by molar-refractivity contribution is 9.10. The second-order valence-electron chi connectivity index (χ2n) is 3.69. The Hall–Kier alpha value is 0.170. The summed E-state index contributed by atoms with van der Waals surface area (Å²) in [6.45, 7) is 2.17. The molecule has 90 valence electrons. The van der Waals surface area contributed by atoms with Crippen LogP contribution in [0.2, 0.25) is 5.02 Å². The fourth-order valence-corrected chi connectivity index (χ4v) is 4.28. The van der Waals surface area contributed by atoms with Crippen molar-refractivity contribution in [3.05, 3.63) is 55.1 Å². The molecular formula is C13H11Br2ClS. The van der Waals surface area contributed by atoms with Crippen molar-refractivity contribution in [1.29, 1.82) is 0 Å². The quantitative estimate of drug-likeness (QED) is 0.543. The highest BCUT2D eigenvalue weighted by Crippen LogP contribution is 2.39. The van der Waals surface area contributed by atoms with Crippen LogP contribution in [0, 0.1) is 0 Å². The first-order valence-electron chi connectivity index (χ1n) is 5.29. The first-order chi connectivity index (χ1) is 8.11. The Morgan fingerprint density at radius 2 is 2.06 bits per heavy atom. The van der Waals surface area contributed by atoms with Crippen molar-refractivity contribution in [3.63, 3.8) is 0 Å². The molecule has 2 aromatic rings. The minimum Gasteiger partial charge on any atom is -0.144 e. The molecule has 1 heterocycles. The molecule has 0 aliphatic heterocycles. The molecule has 0 nitrogen and oxygen atoms in total. The van der Waals surface area contributed by atoms with Crippen LogP contribution in [0.15, 0.2) is 34.8 Å². The van der Waals surface area contributed by atoms with Gasteiger partial charge in [0, 0.05) is 19.2 Å². The first-order valence-corrected chi connectivity index (χ1v) is 8.19. The van der Waals surface area contributed by atoms with Gasteiger partial charge in [-0.1, -0.05) is 56.5 Å². The molecule has 1 aromatic heterocycles. The predicted molar refractivity (Wildman–Crippen MR) is 83.6 cm³/mol. The molecule has 1 atom stereocenters. The van der Waals surface area contributed by atoms with Crippen molar-refractivity contribution in [2.75, 3.05) is 0 Å². The normalized spacial score (nSPS) is 12.7. The molecule has 0 radical (unpaired) electrons. The van der Waals surface area contributed by atoms with Crippen molar-refractivity contribution in [3.8, 4) is 0 Å². The molecule has 17 heavy (non-hydrogen) atoms. The van der Waals surface area contributed by atoms with Gasteiger partial charge >= 0.3 is 0 Å². The van der Waals surface area contributed by atoms with E-state index in [1.54, 1.807) is 0 Å². The van der Waals surface area contributed by atoms with Gasteiger partial charge in [-0.2, -0.15) is 0 Å². The van der Waals surface area contributed by atoms with Gasteiger partial charge < -0.3 is 0 Å². The molecule has 2 rings (SSSR count). The average molecular weight is 395 g/mol. The molecule has 0 fully saturated rings. The summed E-state index contributed by atoms with van der Waals surface area (Å²) in [5, 5.41) is 0.785. The van der Waals surface area contributed by atoms with Crippen LogP contribution in [0.4, 0.5) is 0 Å². The van der Waals surface area contributed by atoms with Crippen molar-refractivity contribution < 1.29 is 0 Å². The predicted octanol–water partition coefficient (Wildman–Crippen LogP) is 6.21. The molecule has 0 N–H and O–H groups in total. The summed E-state index contributed by atoms with van der Waals surface area (Å²) in [7, 11) is 0. The van der Waals surface area contributed by atoms with Gasteiger partial charge in [-0.3, -0.25) is 0 Å². The lowest BCUT2D eigenvalue weighted by atomic mass is 10.1. The minimum atomic E-state index is 0.174. The molecule has 0 bridgehead atoms. The molecule has 0 saturated heterocycles. The van der Waals surface area contributed by atoms with Crippen molar-refractivity contribution in [2.24, 2.45) is 0 Å². The van der Waals surface area contributed by atoms with Crippen LogP contribution < -0.4 is 0 Å². The third-order valence-electron chi connectivity index (χ3n) is 2.52. The van der Waals surface area contributed by atoms with Crippen molar-refractivity contribution in [2.45, 2.75) is 18.2 Å². The Morgan fingerprint density at radius 3 is 2.65 bits per heavy atom. The largest absolute Gasteiger partial charge is 0.144 e. The van der Waals surface area contributed by atoms with Crippen LogP contribution in [-0.2, 0) is 6.42 Å². The van der Waals surface area contributed by atoms with E-state index in [1.165, 1.54) is 9.75 Å². The van der Waals surface area contributed by atoms with E-state index in [4.69, 9.17) is 11.6 Å². The Labute approximate surface area is 127 Å². The zero-order valence-corrected chi connectivity index (χ0v) is 14.0. The SMILES string of the molecule is CCc1ccc(C(Br)c2ccc(Br)cc2Cl)s1. The Morgan fingerprint density at radius 1 is 1.29 bits per heavy atom. The fourth-order valence-electron chi connectivity index (χ4n) is 1.58. The lowest BCUT2D eigenvalue weighted by Crippen LogP contribution is -1.90. The van der Waals surface area contributed by atoms with Crippen LogP contribution in [-0.4, -0.2) is 0 Å². The topological polar surface area (TPSA) is 0 Å². The molecule has 4 heteroatoms. The highest BCUT2D eigenvalue weighted by atomic mass is 79.9. The summed E-state index contributed by atoms with van der Waals surface area (Å²) < 4.78 is 1.01. The van der Waals surface area contributed by atoms with Gasteiger partial charge in [0.15, 0.2) is 0 Å². The number of rotatable bonds is 3. The third kappa shape index (κ3) is 3.14. The van der Waals surface area contributed by atoms with E-state index in [1.807, 2.05) is 23.5 Å². The van der Waals surface area contributed by atoms with Gasteiger partial charge in [0.25, 0.3) is 0 Å². The maximum atomic E-state index is 6.26. The van der Waals surface area contributed by atoms with Crippen LogP contribution in [0.1, 0.15) is 27.1 Å². The number of halogens is 3. The van der Waals surface area contributed by atoms with E-state index in [9.17, 15) is 0 Å². The number of benzene rings is 1.